The number of aromatic hydroxyl groups is 1. The lowest BCUT2D eigenvalue weighted by molar-refractivity contribution is 0.0951. The highest BCUT2D eigenvalue weighted by atomic mass is 16.3. The van der Waals surface area contributed by atoms with Gasteiger partial charge in [-0.25, -0.2) is 0 Å². The molecule has 0 bridgehead atoms. The number of nitrogen functional groups attached to an aromatic ring is 1. The van der Waals surface area contributed by atoms with E-state index in [4.69, 9.17) is 5.73 Å². The zero-order valence-corrected chi connectivity index (χ0v) is 10.7. The van der Waals surface area contributed by atoms with E-state index in [1.807, 2.05) is 31.2 Å². The number of rotatable bonds is 3. The number of benzene rings is 2. The molecule has 1 amide bonds. The Hall–Kier alpha value is -2.49. The van der Waals surface area contributed by atoms with Gasteiger partial charge in [-0.05, 0) is 36.2 Å². The Morgan fingerprint density at radius 2 is 2.00 bits per heavy atom. The molecule has 0 spiro atoms. The van der Waals surface area contributed by atoms with Crippen molar-refractivity contribution in [2.24, 2.45) is 0 Å². The molecule has 0 saturated carbocycles. The van der Waals surface area contributed by atoms with Crippen LogP contribution in [-0.4, -0.2) is 11.0 Å². The second-order valence-electron chi connectivity index (χ2n) is 4.38. The third-order valence-electron chi connectivity index (χ3n) is 2.98. The predicted octanol–water partition coefficient (Wildman–Crippen LogP) is 2.21. The van der Waals surface area contributed by atoms with Crippen LogP contribution in [0, 0.1) is 6.92 Å². The summed E-state index contributed by atoms with van der Waals surface area (Å²) >= 11 is 0. The molecule has 4 heteroatoms. The molecule has 0 aromatic heterocycles. The van der Waals surface area contributed by atoms with Gasteiger partial charge in [-0.15, -0.1) is 0 Å². The summed E-state index contributed by atoms with van der Waals surface area (Å²) < 4.78 is 0. The Morgan fingerprint density at radius 1 is 1.26 bits per heavy atom. The van der Waals surface area contributed by atoms with Crippen molar-refractivity contribution in [1.29, 1.82) is 0 Å². The maximum Gasteiger partial charge on any atom is 0.253 e. The number of aryl methyl sites for hydroxylation is 1. The lowest BCUT2D eigenvalue weighted by Crippen LogP contribution is -2.24. The van der Waals surface area contributed by atoms with E-state index in [0.717, 1.165) is 11.1 Å². The van der Waals surface area contributed by atoms with Gasteiger partial charge in [0.2, 0.25) is 0 Å². The van der Waals surface area contributed by atoms with Crippen LogP contribution in [-0.2, 0) is 6.54 Å². The van der Waals surface area contributed by atoms with Gasteiger partial charge in [0.25, 0.3) is 5.91 Å². The number of phenolic OH excluding ortho intramolecular Hbond substituents is 1. The quantitative estimate of drug-likeness (QED) is 0.582. The standard InChI is InChI=1S/C15H16N2O2/c1-10-4-2-3-5-11(10)9-17-15(19)13-8-12(18)6-7-14(13)16/h2-8,18H,9,16H2,1H3,(H,17,19). The van der Waals surface area contributed by atoms with E-state index in [2.05, 4.69) is 5.32 Å². The van der Waals surface area contributed by atoms with E-state index in [-0.39, 0.29) is 17.2 Å². The second-order valence-corrected chi connectivity index (χ2v) is 4.38. The van der Waals surface area contributed by atoms with Gasteiger partial charge in [0.05, 0.1) is 5.56 Å². The van der Waals surface area contributed by atoms with Crippen LogP contribution in [0.4, 0.5) is 5.69 Å². The topological polar surface area (TPSA) is 75.3 Å². The fourth-order valence-corrected chi connectivity index (χ4v) is 1.82. The fourth-order valence-electron chi connectivity index (χ4n) is 1.82. The van der Waals surface area contributed by atoms with Gasteiger partial charge >= 0.3 is 0 Å². The highest BCUT2D eigenvalue weighted by Gasteiger charge is 2.10. The molecule has 4 nitrogen and oxygen atoms in total. The van der Waals surface area contributed by atoms with Gasteiger partial charge in [-0.3, -0.25) is 4.79 Å². The van der Waals surface area contributed by atoms with Crippen molar-refractivity contribution in [3.8, 4) is 5.75 Å². The zero-order valence-electron chi connectivity index (χ0n) is 10.7. The van der Waals surface area contributed by atoms with Crippen LogP contribution >= 0.6 is 0 Å². The third kappa shape index (κ3) is 3.04. The van der Waals surface area contributed by atoms with Gasteiger partial charge < -0.3 is 16.2 Å². The number of anilines is 1. The second kappa shape index (κ2) is 5.44. The lowest BCUT2D eigenvalue weighted by atomic mass is 10.1. The summed E-state index contributed by atoms with van der Waals surface area (Å²) in [5.41, 5.74) is 8.52. The molecule has 98 valence electrons. The Labute approximate surface area is 111 Å². The van der Waals surface area contributed by atoms with Gasteiger partial charge in [0, 0.05) is 12.2 Å². The number of amides is 1. The minimum absolute atomic E-state index is 0.0234. The van der Waals surface area contributed by atoms with Crippen LogP contribution in [0.3, 0.4) is 0 Å². The molecule has 0 fully saturated rings. The Bertz CT molecular complexity index is 609. The van der Waals surface area contributed by atoms with Gasteiger partial charge in [0.15, 0.2) is 0 Å². The van der Waals surface area contributed by atoms with Crippen molar-refractivity contribution in [2.75, 3.05) is 5.73 Å². The van der Waals surface area contributed by atoms with Crippen LogP contribution in [0.15, 0.2) is 42.5 Å². The number of hydrogen-bond acceptors (Lipinski definition) is 3. The Kier molecular flexibility index (Phi) is 3.71. The van der Waals surface area contributed by atoms with Crippen LogP contribution in [0.1, 0.15) is 21.5 Å². The SMILES string of the molecule is Cc1ccccc1CNC(=O)c1cc(O)ccc1N. The summed E-state index contributed by atoms with van der Waals surface area (Å²) in [5, 5.41) is 12.2. The number of carbonyl (C=O) groups is 1. The average Bonchev–Trinajstić information content (AvgIpc) is 2.40. The first-order valence-electron chi connectivity index (χ1n) is 5.99. The highest BCUT2D eigenvalue weighted by Crippen LogP contribution is 2.18. The number of nitrogens with one attached hydrogen (secondary N) is 1. The lowest BCUT2D eigenvalue weighted by Gasteiger charge is -2.09. The van der Waals surface area contributed by atoms with Crippen molar-refractivity contribution in [2.45, 2.75) is 13.5 Å². The third-order valence-corrected chi connectivity index (χ3v) is 2.98. The molecule has 2 rings (SSSR count). The molecule has 0 aliphatic rings. The summed E-state index contributed by atoms with van der Waals surface area (Å²) in [6, 6.07) is 12.2. The summed E-state index contributed by atoms with van der Waals surface area (Å²) in [4.78, 5) is 12.0. The van der Waals surface area contributed by atoms with Crippen molar-refractivity contribution >= 4 is 11.6 Å². The molecule has 0 radical (unpaired) electrons. The smallest absolute Gasteiger partial charge is 0.253 e. The first-order valence-corrected chi connectivity index (χ1v) is 5.99. The summed E-state index contributed by atoms with van der Waals surface area (Å²) in [6.07, 6.45) is 0. The van der Waals surface area contributed by atoms with Crippen LogP contribution in [0.2, 0.25) is 0 Å². The van der Waals surface area contributed by atoms with Crippen molar-refractivity contribution < 1.29 is 9.90 Å². The minimum atomic E-state index is -0.295. The zero-order chi connectivity index (χ0) is 13.8. The molecule has 0 saturated heterocycles. The normalized spacial score (nSPS) is 10.2. The van der Waals surface area contributed by atoms with Crippen molar-refractivity contribution in [3.05, 3.63) is 59.2 Å². The monoisotopic (exact) mass is 256 g/mol. The molecule has 2 aromatic carbocycles. The maximum absolute atomic E-state index is 12.0. The molecule has 2 aromatic rings. The maximum atomic E-state index is 12.0. The van der Waals surface area contributed by atoms with E-state index < -0.39 is 0 Å². The van der Waals surface area contributed by atoms with Crippen molar-refractivity contribution in [1.82, 2.24) is 5.32 Å². The van der Waals surface area contributed by atoms with Gasteiger partial charge in [-0.1, -0.05) is 24.3 Å². The number of phenols is 1. The summed E-state index contributed by atoms with van der Waals surface area (Å²) in [5.74, 6) is -0.271. The van der Waals surface area contributed by atoms with Crippen molar-refractivity contribution in [3.63, 3.8) is 0 Å². The number of nitrogens with two attached hydrogens (primary N) is 1. The molecular weight excluding hydrogens is 240 g/mol. The van der Waals surface area contributed by atoms with E-state index >= 15 is 0 Å². The molecule has 0 unspecified atom stereocenters. The first kappa shape index (κ1) is 13.0. The molecule has 0 heterocycles. The molecule has 0 aliphatic carbocycles. The van der Waals surface area contributed by atoms with Crippen LogP contribution in [0.5, 0.6) is 5.75 Å². The molecule has 4 N–H and O–H groups in total. The molecule has 0 aliphatic heterocycles. The summed E-state index contributed by atoms with van der Waals surface area (Å²) in [6.45, 7) is 2.42. The number of carbonyl (C=O) groups excluding carboxylic acids is 1. The van der Waals surface area contributed by atoms with E-state index in [0.29, 0.717) is 12.2 Å². The van der Waals surface area contributed by atoms with Crippen LogP contribution in [0.25, 0.3) is 0 Å². The van der Waals surface area contributed by atoms with E-state index in [9.17, 15) is 9.90 Å². The molecule has 0 atom stereocenters. The van der Waals surface area contributed by atoms with E-state index in [1.54, 1.807) is 0 Å². The number of hydrogen-bond donors (Lipinski definition) is 3. The average molecular weight is 256 g/mol. The predicted molar refractivity (Wildman–Crippen MR) is 74.9 cm³/mol. The Morgan fingerprint density at radius 3 is 2.74 bits per heavy atom. The van der Waals surface area contributed by atoms with Crippen LogP contribution < -0.4 is 11.1 Å². The molecule has 19 heavy (non-hydrogen) atoms. The fraction of sp³-hybridized carbons (Fsp3) is 0.133. The largest absolute Gasteiger partial charge is 0.508 e. The molecular formula is C15H16N2O2. The summed E-state index contributed by atoms with van der Waals surface area (Å²) in [7, 11) is 0. The highest BCUT2D eigenvalue weighted by molar-refractivity contribution is 5.99. The Balaban J connectivity index is 2.10. The van der Waals surface area contributed by atoms with E-state index in [1.165, 1.54) is 18.2 Å². The first-order chi connectivity index (χ1) is 9.08. The van der Waals surface area contributed by atoms with Gasteiger partial charge in [0.1, 0.15) is 5.75 Å². The minimum Gasteiger partial charge on any atom is -0.508 e. The van der Waals surface area contributed by atoms with Gasteiger partial charge in [-0.2, -0.15) is 0 Å².